The maximum atomic E-state index is 13.0. The van der Waals surface area contributed by atoms with Gasteiger partial charge < -0.3 is 5.73 Å². The molecule has 1 aliphatic carbocycles. The zero-order valence-corrected chi connectivity index (χ0v) is 20.4. The summed E-state index contributed by atoms with van der Waals surface area (Å²) in [6, 6.07) is 2.99. The Labute approximate surface area is 203 Å². The predicted octanol–water partition coefficient (Wildman–Crippen LogP) is -0.0980. The zero-order valence-electron chi connectivity index (χ0n) is 17.1. The number of nitrogen functional groups attached to an aromatic ring is 1. The molecular formula is C16H13N3O13S4. The first-order chi connectivity index (χ1) is 16.2. The summed E-state index contributed by atoms with van der Waals surface area (Å²) in [6.07, 6.45) is 0.579. The number of hydrogen-bond acceptors (Lipinski definition) is 12. The quantitative estimate of drug-likeness (QED) is 0.147. The Morgan fingerprint density at radius 1 is 0.750 bits per heavy atom. The van der Waals surface area contributed by atoms with Crippen molar-refractivity contribution in [2.75, 3.05) is 11.2 Å². The van der Waals surface area contributed by atoms with E-state index < -0.39 is 94.1 Å². The molecule has 3 rings (SSSR count). The second-order valence-electron chi connectivity index (χ2n) is 6.94. The fourth-order valence-electron chi connectivity index (χ4n) is 3.02. The number of rotatable bonds is 6. The summed E-state index contributed by atoms with van der Waals surface area (Å²) < 4.78 is 130. The lowest BCUT2D eigenvalue weighted by Gasteiger charge is -2.18. The number of ketones is 1. The summed E-state index contributed by atoms with van der Waals surface area (Å²) in [5, 5.41) is 3.43. The molecule has 0 aromatic heterocycles. The minimum atomic E-state index is -5.27. The van der Waals surface area contributed by atoms with Crippen LogP contribution in [0.4, 0.5) is 11.4 Å². The number of fused-ring (bicyclic) bond motifs is 1. The topological polar surface area (TPSA) is 285 Å². The van der Waals surface area contributed by atoms with E-state index in [2.05, 4.69) is 5.10 Å². The van der Waals surface area contributed by atoms with Gasteiger partial charge in [-0.25, -0.2) is 0 Å². The first-order valence-electron chi connectivity index (χ1n) is 8.79. The molecule has 0 atom stereocenters. The highest BCUT2D eigenvalue weighted by Gasteiger charge is 2.35. The van der Waals surface area contributed by atoms with Crippen LogP contribution in [0.5, 0.6) is 0 Å². The van der Waals surface area contributed by atoms with Crippen LogP contribution in [0.1, 0.15) is 15.9 Å². The average molecular weight is 584 g/mol. The second kappa shape index (κ2) is 8.70. The molecule has 0 unspecified atom stereocenters. The van der Waals surface area contributed by atoms with Crippen molar-refractivity contribution in [1.82, 2.24) is 0 Å². The van der Waals surface area contributed by atoms with Crippen LogP contribution in [-0.4, -0.2) is 63.4 Å². The van der Waals surface area contributed by atoms with Crippen molar-refractivity contribution in [2.24, 2.45) is 5.10 Å². The average Bonchev–Trinajstić information content (AvgIpc) is 2.69. The number of nitrogens with two attached hydrogens (primary N) is 1. The molecule has 194 valence electrons. The molecule has 0 spiro atoms. The third kappa shape index (κ3) is 5.44. The summed E-state index contributed by atoms with van der Waals surface area (Å²) in [5.74, 6) is -1.33. The first-order valence-corrected chi connectivity index (χ1v) is 14.6. The predicted molar refractivity (Wildman–Crippen MR) is 122 cm³/mol. The van der Waals surface area contributed by atoms with Crippen molar-refractivity contribution in [3.8, 4) is 0 Å². The fourth-order valence-corrected chi connectivity index (χ4v) is 5.36. The van der Waals surface area contributed by atoms with Crippen LogP contribution in [0.2, 0.25) is 0 Å². The molecule has 0 radical (unpaired) electrons. The Morgan fingerprint density at radius 3 is 1.83 bits per heavy atom. The first kappa shape index (κ1) is 27.3. The van der Waals surface area contributed by atoms with E-state index in [-0.39, 0.29) is 0 Å². The van der Waals surface area contributed by atoms with Gasteiger partial charge in [-0.05, 0) is 42.0 Å². The largest absolute Gasteiger partial charge is 0.398 e. The summed E-state index contributed by atoms with van der Waals surface area (Å²) >= 11 is 0. The van der Waals surface area contributed by atoms with Crippen molar-refractivity contribution in [3.05, 3.63) is 46.4 Å². The minimum Gasteiger partial charge on any atom is -0.398 e. The summed E-state index contributed by atoms with van der Waals surface area (Å²) in [6.45, 7) is 0. The van der Waals surface area contributed by atoms with E-state index in [1.807, 2.05) is 5.43 Å². The summed E-state index contributed by atoms with van der Waals surface area (Å²) in [5.41, 5.74) is 4.07. The van der Waals surface area contributed by atoms with Gasteiger partial charge in [-0.2, -0.15) is 38.8 Å². The van der Waals surface area contributed by atoms with Gasteiger partial charge in [0.1, 0.15) is 9.80 Å². The standard InChI is InChI=1S/C16H13N3O13S4/c17-10-5-9(34(24,25)26)3-7-4-13(36(30,31)32)15(16(20)14(7)10)19-18-11-6-8(33(21,22)23)1-2-12(11)35(27,28)29/h1-6,18H,17H2,(H,21,22,23)(H,24,25,26)(H,27,28,29)(H,30,31,32)/b19-15+. The van der Waals surface area contributed by atoms with Crippen molar-refractivity contribution in [1.29, 1.82) is 0 Å². The summed E-state index contributed by atoms with van der Waals surface area (Å²) in [7, 11) is -20.1. The molecular weight excluding hydrogens is 570 g/mol. The molecule has 20 heteroatoms. The Balaban J connectivity index is 2.27. The molecule has 0 fully saturated rings. The SMILES string of the molecule is Nc1cc(S(=O)(=O)O)cc2c1C(=O)/C(=N/Nc1cc(S(=O)(=O)O)ccc1S(=O)(=O)O)C(S(=O)(=O)O)=C2. The number of hydrogen-bond donors (Lipinski definition) is 6. The Kier molecular flexibility index (Phi) is 6.61. The van der Waals surface area contributed by atoms with Crippen molar-refractivity contribution < 1.29 is 56.7 Å². The van der Waals surface area contributed by atoms with Crippen LogP contribution < -0.4 is 11.2 Å². The molecule has 16 nitrogen and oxygen atoms in total. The van der Waals surface area contributed by atoms with Crippen LogP contribution in [0.15, 0.2) is 55.0 Å². The van der Waals surface area contributed by atoms with Crippen molar-refractivity contribution in [2.45, 2.75) is 14.7 Å². The Hall–Kier alpha value is -3.24. The van der Waals surface area contributed by atoms with E-state index in [0.29, 0.717) is 36.4 Å². The highest BCUT2D eigenvalue weighted by atomic mass is 32.2. The van der Waals surface area contributed by atoms with Crippen LogP contribution in [0, 0.1) is 0 Å². The van der Waals surface area contributed by atoms with E-state index in [1.165, 1.54) is 0 Å². The fraction of sp³-hybridized carbons (Fsp3) is 0. The van der Waals surface area contributed by atoms with E-state index >= 15 is 0 Å². The lowest BCUT2D eigenvalue weighted by molar-refractivity contribution is 0.106. The van der Waals surface area contributed by atoms with Gasteiger partial charge >= 0.3 is 0 Å². The van der Waals surface area contributed by atoms with Gasteiger partial charge in [-0.3, -0.25) is 28.4 Å². The lowest BCUT2D eigenvalue weighted by atomic mass is 9.93. The molecule has 0 saturated carbocycles. The van der Waals surface area contributed by atoms with Gasteiger partial charge in [0.15, 0.2) is 5.71 Å². The lowest BCUT2D eigenvalue weighted by Crippen LogP contribution is -2.28. The molecule has 36 heavy (non-hydrogen) atoms. The molecule has 0 amide bonds. The number of nitrogens with zero attached hydrogens (tertiary/aromatic N) is 1. The number of carbonyl (C=O) groups is 1. The van der Waals surface area contributed by atoms with Crippen molar-refractivity contribution >= 4 is 69.4 Å². The van der Waals surface area contributed by atoms with Gasteiger partial charge in [0.2, 0.25) is 5.78 Å². The molecule has 0 aliphatic heterocycles. The molecule has 0 heterocycles. The monoisotopic (exact) mass is 583 g/mol. The highest BCUT2D eigenvalue weighted by Crippen LogP contribution is 2.32. The molecule has 0 bridgehead atoms. The number of nitrogens with one attached hydrogen (secondary N) is 1. The number of carbonyl (C=O) groups excluding carboxylic acids is 1. The normalized spacial score (nSPS) is 15.9. The van der Waals surface area contributed by atoms with Gasteiger partial charge in [0.25, 0.3) is 40.5 Å². The number of allylic oxidation sites excluding steroid dienone is 1. The van der Waals surface area contributed by atoms with Gasteiger partial charge in [-0.15, -0.1) is 0 Å². The van der Waals surface area contributed by atoms with Crippen LogP contribution >= 0.6 is 0 Å². The number of anilines is 2. The third-order valence-corrected chi connectivity index (χ3v) is 7.99. The maximum Gasteiger partial charge on any atom is 0.296 e. The van der Waals surface area contributed by atoms with E-state index in [4.69, 9.17) is 5.73 Å². The zero-order chi connectivity index (χ0) is 27.4. The molecule has 2 aromatic rings. The number of Topliss-reactive ketones (excluding diaryl/α,β-unsaturated/α-hetero) is 1. The third-order valence-electron chi connectivity index (χ3n) is 4.53. The molecule has 0 saturated heterocycles. The van der Waals surface area contributed by atoms with Crippen molar-refractivity contribution in [3.63, 3.8) is 0 Å². The second-order valence-corrected chi connectivity index (χ2v) is 12.6. The Bertz CT molecular complexity index is 1820. The van der Waals surface area contributed by atoms with Crippen LogP contribution in [0.25, 0.3) is 6.08 Å². The van der Waals surface area contributed by atoms with Gasteiger partial charge in [0, 0.05) is 5.69 Å². The summed E-state index contributed by atoms with van der Waals surface area (Å²) in [4.78, 5) is 9.08. The van der Waals surface area contributed by atoms with E-state index in [9.17, 15) is 56.7 Å². The number of hydrazone groups is 1. The smallest absolute Gasteiger partial charge is 0.296 e. The van der Waals surface area contributed by atoms with E-state index in [1.54, 1.807) is 0 Å². The van der Waals surface area contributed by atoms with E-state index in [0.717, 1.165) is 0 Å². The molecule has 7 N–H and O–H groups in total. The maximum absolute atomic E-state index is 13.0. The Morgan fingerprint density at radius 2 is 1.33 bits per heavy atom. The van der Waals surface area contributed by atoms with Crippen LogP contribution in [0.3, 0.4) is 0 Å². The minimum absolute atomic E-state index is 0.453. The van der Waals surface area contributed by atoms with Gasteiger partial charge in [-0.1, -0.05) is 0 Å². The van der Waals surface area contributed by atoms with Crippen LogP contribution in [-0.2, 0) is 40.5 Å². The van der Waals surface area contributed by atoms with Gasteiger partial charge in [0.05, 0.1) is 21.0 Å². The molecule has 1 aliphatic rings. The highest BCUT2D eigenvalue weighted by molar-refractivity contribution is 7.91. The molecule has 2 aromatic carbocycles. The number of benzene rings is 2.